The topological polar surface area (TPSA) is 81.2 Å². The van der Waals surface area contributed by atoms with Gasteiger partial charge >= 0.3 is 0 Å². The van der Waals surface area contributed by atoms with Gasteiger partial charge in [-0.25, -0.2) is 0 Å². The molecule has 7 atom stereocenters. The highest BCUT2D eigenvalue weighted by atomic mass is 32.2. The minimum atomic E-state index is -0.790. The molecule has 7 nitrogen and oxygen atoms in total. The van der Waals surface area contributed by atoms with Gasteiger partial charge in [-0.05, 0) is 56.9 Å². The average Bonchev–Trinajstić information content (AvgIpc) is 3.55. The van der Waals surface area contributed by atoms with Crippen molar-refractivity contribution in [2.45, 2.75) is 115 Å². The van der Waals surface area contributed by atoms with Crippen molar-refractivity contribution in [1.29, 1.82) is 0 Å². The fourth-order valence-corrected chi connectivity index (χ4v) is 11.2. The van der Waals surface area contributed by atoms with E-state index in [9.17, 15) is 14.7 Å². The van der Waals surface area contributed by atoms with Gasteiger partial charge in [0.15, 0.2) is 0 Å². The Morgan fingerprint density at radius 2 is 1.72 bits per heavy atom. The van der Waals surface area contributed by atoms with Crippen LogP contribution in [-0.2, 0) is 20.9 Å². The van der Waals surface area contributed by atoms with Crippen LogP contribution in [0.4, 0.5) is 0 Å². The van der Waals surface area contributed by atoms with Crippen LogP contribution in [0.5, 0.6) is 0 Å². The van der Waals surface area contributed by atoms with Crippen LogP contribution >= 0.6 is 11.8 Å². The Labute approximate surface area is 281 Å². The lowest BCUT2D eigenvalue weighted by Gasteiger charge is -2.47. The molecule has 1 spiro atoms. The fourth-order valence-electron chi connectivity index (χ4n) is 8.88. The third-order valence-corrected chi connectivity index (χ3v) is 12.7. The molecule has 1 aromatic rings. The van der Waals surface area contributed by atoms with E-state index >= 15 is 4.79 Å². The van der Waals surface area contributed by atoms with E-state index in [4.69, 9.17) is 0 Å². The van der Waals surface area contributed by atoms with Gasteiger partial charge in [0, 0.05) is 29.9 Å². The molecule has 1 aromatic carbocycles. The quantitative estimate of drug-likeness (QED) is 0.238. The van der Waals surface area contributed by atoms with E-state index < -0.39 is 39.0 Å². The monoisotopic (exact) mass is 651 g/mol. The predicted molar refractivity (Wildman–Crippen MR) is 188 cm³/mol. The molecule has 3 aliphatic rings. The number of carbonyl (C=O) groups excluding carboxylic acids is 3. The zero-order valence-corrected chi connectivity index (χ0v) is 30.2. The Kier molecular flexibility index (Phi) is 10.6. The highest BCUT2D eigenvalue weighted by molar-refractivity contribution is 8.02. The maximum absolute atomic E-state index is 15.2. The summed E-state index contributed by atoms with van der Waals surface area (Å²) in [6.07, 6.45) is 6.42. The maximum atomic E-state index is 15.2. The van der Waals surface area contributed by atoms with Gasteiger partial charge in [0.1, 0.15) is 6.04 Å². The Morgan fingerprint density at radius 3 is 2.26 bits per heavy atom. The lowest BCUT2D eigenvalue weighted by molar-refractivity contribution is -0.151. The number of likely N-dealkylation sites (tertiary alicyclic amines) is 1. The zero-order chi connectivity index (χ0) is 34.2. The smallest absolute Gasteiger partial charge is 0.247 e. The lowest BCUT2D eigenvalue weighted by atomic mass is 9.66. The van der Waals surface area contributed by atoms with E-state index in [2.05, 4.69) is 54.7 Å². The number of carbonyl (C=O) groups is 3. The third-order valence-electron chi connectivity index (χ3n) is 10.7. The normalized spacial score (nSPS) is 28.5. The molecule has 3 heterocycles. The second kappa shape index (κ2) is 13.5. The van der Waals surface area contributed by atoms with Gasteiger partial charge in [-0.15, -0.1) is 24.9 Å². The summed E-state index contributed by atoms with van der Waals surface area (Å²) < 4.78 is -1.26. The molecule has 0 saturated carbocycles. The standard InChI is InChI=1S/C38H57N3O4S/c1-11-21-39(23-27-17-15-14-16-18-27)32(43)29-30-33(44)41(28(24-42)26(4)13-3)31(38(30)20-19-37(29,10)46-38)34(45)40(22-12-2)36(8,9)25-35(5,6)7/h11-12,14-18,26,28-31,42H,1-2,13,19-25H2,3-10H3/t26-,28-,29-,30-,31?,37+,38?/m0/s1. The number of nitrogens with zero attached hydrogens (tertiary/aromatic N) is 3. The van der Waals surface area contributed by atoms with Crippen LogP contribution in [0.15, 0.2) is 55.6 Å². The van der Waals surface area contributed by atoms with Crippen LogP contribution in [0.3, 0.4) is 0 Å². The van der Waals surface area contributed by atoms with E-state index in [0.29, 0.717) is 26.1 Å². The number of hydrogen-bond acceptors (Lipinski definition) is 5. The molecule has 3 saturated heterocycles. The van der Waals surface area contributed by atoms with Crippen molar-refractivity contribution in [3.05, 3.63) is 61.2 Å². The van der Waals surface area contributed by atoms with Crippen LogP contribution in [-0.4, -0.2) is 84.3 Å². The van der Waals surface area contributed by atoms with Crippen LogP contribution in [0.2, 0.25) is 0 Å². The number of aliphatic hydroxyl groups is 1. The Bertz CT molecular complexity index is 1310. The molecule has 254 valence electrons. The van der Waals surface area contributed by atoms with Gasteiger partial charge < -0.3 is 19.8 Å². The lowest BCUT2D eigenvalue weighted by Crippen LogP contribution is -2.62. The molecule has 3 fully saturated rings. The van der Waals surface area contributed by atoms with Crippen molar-refractivity contribution in [2.75, 3.05) is 19.7 Å². The molecule has 3 amide bonds. The predicted octanol–water partition coefficient (Wildman–Crippen LogP) is 6.32. The number of thioether (sulfide) groups is 1. The largest absolute Gasteiger partial charge is 0.394 e. The first-order chi connectivity index (χ1) is 21.5. The Hall–Kier alpha value is -2.58. The van der Waals surface area contributed by atoms with E-state index in [0.717, 1.165) is 24.8 Å². The molecule has 0 aromatic heterocycles. The van der Waals surface area contributed by atoms with Gasteiger partial charge in [0.05, 0.1) is 29.2 Å². The Morgan fingerprint density at radius 1 is 1.09 bits per heavy atom. The fraction of sp³-hybridized carbons (Fsp3) is 0.658. The highest BCUT2D eigenvalue weighted by Gasteiger charge is 2.78. The summed E-state index contributed by atoms with van der Waals surface area (Å²) >= 11 is 1.69. The molecule has 8 heteroatoms. The maximum Gasteiger partial charge on any atom is 0.247 e. The minimum absolute atomic E-state index is 0.0304. The minimum Gasteiger partial charge on any atom is -0.394 e. The van der Waals surface area contributed by atoms with Crippen molar-refractivity contribution >= 4 is 29.5 Å². The molecular weight excluding hydrogens is 595 g/mol. The zero-order valence-electron chi connectivity index (χ0n) is 29.4. The molecular formula is C38H57N3O4S. The molecule has 4 rings (SSSR count). The first-order valence-corrected chi connectivity index (χ1v) is 17.8. The van der Waals surface area contributed by atoms with Crippen molar-refractivity contribution in [1.82, 2.24) is 14.7 Å². The second-order valence-corrected chi connectivity index (χ2v) is 17.8. The van der Waals surface area contributed by atoms with Crippen LogP contribution < -0.4 is 0 Å². The van der Waals surface area contributed by atoms with Crippen LogP contribution in [0.25, 0.3) is 0 Å². The summed E-state index contributed by atoms with van der Waals surface area (Å²) in [5.74, 6) is -1.62. The van der Waals surface area contributed by atoms with Crippen molar-refractivity contribution in [2.24, 2.45) is 23.2 Å². The Balaban J connectivity index is 1.85. The van der Waals surface area contributed by atoms with Gasteiger partial charge in [-0.1, -0.05) is 83.5 Å². The van der Waals surface area contributed by atoms with Crippen molar-refractivity contribution in [3.63, 3.8) is 0 Å². The SMILES string of the molecule is C=CCN(Cc1ccccc1)C(=O)[C@@H]1[C@H]2C(=O)N([C@@H](CO)[C@@H](C)CC)C(C(=O)N(CC=C)C(C)(C)CC(C)(C)C)C23CC[C@@]1(C)S3. The first kappa shape index (κ1) is 36.3. The average molecular weight is 652 g/mol. The molecule has 1 N–H and O–H groups in total. The first-order valence-electron chi connectivity index (χ1n) is 17.0. The molecule has 0 radical (unpaired) electrons. The summed E-state index contributed by atoms with van der Waals surface area (Å²) in [5.41, 5.74) is 0.451. The van der Waals surface area contributed by atoms with E-state index in [-0.39, 0.29) is 35.7 Å². The van der Waals surface area contributed by atoms with E-state index in [1.54, 1.807) is 28.8 Å². The van der Waals surface area contributed by atoms with Gasteiger partial charge in [-0.3, -0.25) is 14.4 Å². The number of amides is 3. The molecule has 2 unspecified atom stereocenters. The number of aliphatic hydroxyl groups excluding tert-OH is 1. The highest BCUT2D eigenvalue weighted by Crippen LogP contribution is 2.72. The van der Waals surface area contributed by atoms with Gasteiger partial charge in [-0.2, -0.15) is 0 Å². The number of fused-ring (bicyclic) bond motifs is 1. The van der Waals surface area contributed by atoms with Crippen LogP contribution in [0, 0.1) is 23.2 Å². The number of hydrogen-bond donors (Lipinski definition) is 1. The van der Waals surface area contributed by atoms with Crippen molar-refractivity contribution in [3.8, 4) is 0 Å². The van der Waals surface area contributed by atoms with Crippen molar-refractivity contribution < 1.29 is 19.5 Å². The summed E-state index contributed by atoms with van der Waals surface area (Å²) in [6.45, 7) is 25.7. The molecule has 2 bridgehead atoms. The second-order valence-electron chi connectivity index (χ2n) is 15.9. The molecule has 0 aliphatic carbocycles. The summed E-state index contributed by atoms with van der Waals surface area (Å²) in [5, 5.41) is 10.8. The number of rotatable bonds is 14. The summed E-state index contributed by atoms with van der Waals surface area (Å²) in [6, 6.07) is 8.57. The summed E-state index contributed by atoms with van der Waals surface area (Å²) in [4.78, 5) is 50.4. The molecule has 46 heavy (non-hydrogen) atoms. The number of benzene rings is 1. The summed E-state index contributed by atoms with van der Waals surface area (Å²) in [7, 11) is 0. The van der Waals surface area contributed by atoms with E-state index in [1.807, 2.05) is 54.0 Å². The van der Waals surface area contributed by atoms with Gasteiger partial charge in [0.2, 0.25) is 17.7 Å². The van der Waals surface area contributed by atoms with E-state index in [1.165, 1.54) is 0 Å². The van der Waals surface area contributed by atoms with Crippen LogP contribution in [0.1, 0.15) is 86.6 Å². The third kappa shape index (κ3) is 6.45. The molecule has 3 aliphatic heterocycles. The van der Waals surface area contributed by atoms with Gasteiger partial charge in [0.25, 0.3) is 0 Å².